The van der Waals surface area contributed by atoms with E-state index < -0.39 is 5.97 Å². The Kier molecular flexibility index (Phi) is 6.20. The van der Waals surface area contributed by atoms with E-state index in [1.54, 1.807) is 0 Å². The highest BCUT2D eigenvalue weighted by atomic mass is 32.2. The molecule has 0 saturated heterocycles. The Labute approximate surface area is 90.9 Å². The molecule has 0 aromatic rings. The molecule has 0 aromatic carbocycles. The van der Waals surface area contributed by atoms with E-state index in [9.17, 15) is 4.79 Å². The number of nitrogens with zero attached hydrogens (tertiary/aromatic N) is 1. The fourth-order valence-corrected chi connectivity index (χ4v) is 1.77. The van der Waals surface area contributed by atoms with E-state index in [0.717, 1.165) is 18.1 Å². The van der Waals surface area contributed by atoms with E-state index in [4.69, 9.17) is 5.11 Å². The minimum absolute atomic E-state index is 0.0628. The molecule has 0 amide bonds. The van der Waals surface area contributed by atoms with Crippen LogP contribution in [-0.4, -0.2) is 46.1 Å². The van der Waals surface area contributed by atoms with Crippen LogP contribution < -0.4 is 0 Å². The van der Waals surface area contributed by atoms with Crippen LogP contribution in [0.2, 0.25) is 0 Å². The van der Waals surface area contributed by atoms with Crippen LogP contribution in [0.5, 0.6) is 0 Å². The Morgan fingerprint density at radius 2 is 2.00 bits per heavy atom. The molecule has 0 aromatic heterocycles. The van der Waals surface area contributed by atoms with E-state index >= 15 is 0 Å². The molecule has 0 spiro atoms. The quantitative estimate of drug-likeness (QED) is 0.693. The van der Waals surface area contributed by atoms with Gasteiger partial charge in [-0.25, -0.2) is 0 Å². The second kappa shape index (κ2) is 6.30. The van der Waals surface area contributed by atoms with Gasteiger partial charge in [0.1, 0.15) is 0 Å². The van der Waals surface area contributed by atoms with Crippen LogP contribution in [0.15, 0.2) is 0 Å². The summed E-state index contributed by atoms with van der Waals surface area (Å²) in [6.07, 6.45) is 0. The monoisotopic (exact) mass is 219 g/mol. The van der Waals surface area contributed by atoms with E-state index in [-0.39, 0.29) is 12.1 Å². The Morgan fingerprint density at radius 3 is 2.36 bits per heavy atom. The highest BCUT2D eigenvalue weighted by Gasteiger charge is 2.22. The molecular weight excluding hydrogens is 198 g/mol. The van der Waals surface area contributed by atoms with Crippen molar-refractivity contribution in [2.24, 2.45) is 0 Å². The van der Waals surface area contributed by atoms with Gasteiger partial charge in [0.25, 0.3) is 0 Å². The molecule has 84 valence electrons. The van der Waals surface area contributed by atoms with Crippen LogP contribution in [0.4, 0.5) is 0 Å². The number of thioether (sulfide) groups is 1. The molecular formula is C10H21NO2S. The summed E-state index contributed by atoms with van der Waals surface area (Å²) in [7, 11) is 0. The smallest absolute Gasteiger partial charge is 0.317 e. The molecule has 0 fully saturated rings. The van der Waals surface area contributed by atoms with Crippen LogP contribution in [-0.2, 0) is 4.79 Å². The normalized spacial score (nSPS) is 12.1. The molecule has 1 N–H and O–H groups in total. The average Bonchev–Trinajstić information content (AvgIpc) is 2.00. The summed E-state index contributed by atoms with van der Waals surface area (Å²) >= 11 is 1.85. The van der Waals surface area contributed by atoms with Crippen molar-refractivity contribution in [3.05, 3.63) is 0 Å². The maximum Gasteiger partial charge on any atom is 0.317 e. The minimum Gasteiger partial charge on any atom is -0.480 e. The molecule has 0 aliphatic carbocycles. The van der Waals surface area contributed by atoms with Crippen molar-refractivity contribution in [3.8, 4) is 0 Å². The highest BCUT2D eigenvalue weighted by molar-refractivity contribution is 7.99. The Bertz CT molecular complexity index is 177. The second-order valence-corrected chi connectivity index (χ2v) is 5.58. The zero-order chi connectivity index (χ0) is 11.2. The molecule has 3 nitrogen and oxygen atoms in total. The zero-order valence-corrected chi connectivity index (χ0v) is 10.4. The highest BCUT2D eigenvalue weighted by Crippen LogP contribution is 2.13. The molecule has 0 heterocycles. The average molecular weight is 219 g/mol. The van der Waals surface area contributed by atoms with Crippen molar-refractivity contribution < 1.29 is 9.90 Å². The maximum atomic E-state index is 10.6. The Morgan fingerprint density at radius 1 is 1.43 bits per heavy atom. The number of carboxylic acid groups (broad SMARTS) is 1. The fourth-order valence-electron chi connectivity index (χ4n) is 1.13. The standard InChI is InChI=1S/C10H21NO2S/c1-5-14-7-6-11(8-9(12)13)10(2,3)4/h5-8H2,1-4H3,(H,12,13). The molecule has 0 radical (unpaired) electrons. The first-order chi connectivity index (χ1) is 6.38. The van der Waals surface area contributed by atoms with Crippen LogP contribution >= 0.6 is 11.8 Å². The van der Waals surface area contributed by atoms with Gasteiger partial charge in [-0.2, -0.15) is 11.8 Å². The number of hydrogen-bond donors (Lipinski definition) is 1. The first-order valence-corrected chi connectivity index (χ1v) is 6.08. The van der Waals surface area contributed by atoms with Gasteiger partial charge in [0.05, 0.1) is 6.54 Å². The van der Waals surface area contributed by atoms with E-state index in [0.29, 0.717) is 0 Å². The molecule has 0 bridgehead atoms. The van der Waals surface area contributed by atoms with Crippen LogP contribution in [0, 0.1) is 0 Å². The van der Waals surface area contributed by atoms with Crippen molar-refractivity contribution in [2.75, 3.05) is 24.6 Å². The molecule has 0 aliphatic heterocycles. The number of carbonyl (C=O) groups is 1. The number of hydrogen-bond acceptors (Lipinski definition) is 3. The number of aliphatic carboxylic acids is 1. The maximum absolute atomic E-state index is 10.6. The van der Waals surface area contributed by atoms with E-state index in [1.807, 2.05) is 37.4 Å². The Balaban J connectivity index is 4.05. The summed E-state index contributed by atoms with van der Waals surface area (Å²) in [5.74, 6) is 1.34. The van der Waals surface area contributed by atoms with Gasteiger partial charge in [-0.1, -0.05) is 6.92 Å². The summed E-state index contributed by atoms with van der Waals surface area (Å²) in [5, 5.41) is 8.76. The molecule has 0 aliphatic rings. The molecule has 0 rings (SSSR count). The topological polar surface area (TPSA) is 40.5 Å². The third kappa shape index (κ3) is 6.27. The molecule has 0 atom stereocenters. The van der Waals surface area contributed by atoms with Crippen molar-refractivity contribution in [1.29, 1.82) is 0 Å². The van der Waals surface area contributed by atoms with Gasteiger partial charge in [-0.3, -0.25) is 9.69 Å². The van der Waals surface area contributed by atoms with Gasteiger partial charge in [0, 0.05) is 17.8 Å². The summed E-state index contributed by atoms with van der Waals surface area (Å²) < 4.78 is 0. The SMILES string of the molecule is CCSCCN(CC(=O)O)C(C)(C)C. The third-order valence-corrected chi connectivity index (χ3v) is 2.86. The lowest BCUT2D eigenvalue weighted by Gasteiger charge is -2.34. The minimum atomic E-state index is -0.749. The molecule has 14 heavy (non-hydrogen) atoms. The van der Waals surface area contributed by atoms with Crippen molar-refractivity contribution in [3.63, 3.8) is 0 Å². The lowest BCUT2D eigenvalue weighted by Crippen LogP contribution is -2.45. The van der Waals surface area contributed by atoms with E-state index in [2.05, 4.69) is 6.92 Å². The fraction of sp³-hybridized carbons (Fsp3) is 0.900. The largest absolute Gasteiger partial charge is 0.480 e. The van der Waals surface area contributed by atoms with Gasteiger partial charge in [-0.15, -0.1) is 0 Å². The van der Waals surface area contributed by atoms with Crippen LogP contribution in [0.3, 0.4) is 0 Å². The third-order valence-electron chi connectivity index (χ3n) is 1.98. The van der Waals surface area contributed by atoms with Gasteiger partial charge in [0.15, 0.2) is 0 Å². The lowest BCUT2D eigenvalue weighted by atomic mass is 10.1. The predicted octanol–water partition coefficient (Wildman–Crippen LogP) is 1.92. The van der Waals surface area contributed by atoms with Crippen LogP contribution in [0.1, 0.15) is 27.7 Å². The van der Waals surface area contributed by atoms with Crippen molar-refractivity contribution >= 4 is 17.7 Å². The first-order valence-electron chi connectivity index (χ1n) is 4.92. The van der Waals surface area contributed by atoms with E-state index in [1.165, 1.54) is 0 Å². The zero-order valence-electron chi connectivity index (χ0n) is 9.54. The van der Waals surface area contributed by atoms with Gasteiger partial charge in [0.2, 0.25) is 0 Å². The molecule has 4 heteroatoms. The summed E-state index contributed by atoms with van der Waals surface area (Å²) in [4.78, 5) is 12.6. The van der Waals surface area contributed by atoms with Crippen LogP contribution in [0.25, 0.3) is 0 Å². The Hall–Kier alpha value is -0.220. The van der Waals surface area contributed by atoms with Gasteiger partial charge in [-0.05, 0) is 26.5 Å². The van der Waals surface area contributed by atoms with Crippen molar-refractivity contribution in [2.45, 2.75) is 33.2 Å². The lowest BCUT2D eigenvalue weighted by molar-refractivity contribution is -0.139. The summed E-state index contributed by atoms with van der Waals surface area (Å²) in [6, 6.07) is 0. The summed E-state index contributed by atoms with van der Waals surface area (Å²) in [6.45, 7) is 9.23. The van der Waals surface area contributed by atoms with Crippen molar-refractivity contribution in [1.82, 2.24) is 4.90 Å². The molecule has 0 unspecified atom stereocenters. The predicted molar refractivity (Wildman–Crippen MR) is 62.0 cm³/mol. The second-order valence-electron chi connectivity index (χ2n) is 4.18. The van der Waals surface area contributed by atoms with Gasteiger partial charge >= 0.3 is 5.97 Å². The molecule has 0 saturated carbocycles. The summed E-state index contributed by atoms with van der Waals surface area (Å²) in [5.41, 5.74) is -0.0628. The first kappa shape index (κ1) is 13.8. The number of rotatable bonds is 6. The number of carboxylic acids is 1. The van der Waals surface area contributed by atoms with Gasteiger partial charge < -0.3 is 5.11 Å².